The Bertz CT molecular complexity index is 148. The van der Waals surface area contributed by atoms with Crippen molar-refractivity contribution in [2.24, 2.45) is 0 Å². The normalized spacial score (nSPS) is 35.8. The summed E-state index contributed by atoms with van der Waals surface area (Å²) in [4.78, 5) is 20.8. The van der Waals surface area contributed by atoms with Gasteiger partial charge in [0.2, 0.25) is 9.52 Å². The Morgan fingerprint density at radius 2 is 1.44 bits per heavy atom. The van der Waals surface area contributed by atoms with Crippen LogP contribution in [0, 0.1) is 0 Å². The van der Waals surface area contributed by atoms with Crippen LogP contribution in [0.15, 0.2) is 0 Å². The molecule has 0 aromatic carbocycles. The van der Waals surface area contributed by atoms with Gasteiger partial charge in [-0.15, -0.1) is 0 Å². The van der Waals surface area contributed by atoms with Crippen molar-refractivity contribution in [2.45, 2.75) is 12.2 Å². The van der Waals surface area contributed by atoms with Gasteiger partial charge < -0.3 is 19.8 Å². The van der Waals surface area contributed by atoms with E-state index < -0.39 is 32.5 Å². The lowest BCUT2D eigenvalue weighted by Crippen LogP contribution is -2.27. The highest BCUT2D eigenvalue weighted by Gasteiger charge is 2.39. The van der Waals surface area contributed by atoms with Crippen LogP contribution in [0.1, 0.15) is 0 Å². The molecule has 1 aliphatic heterocycles. The summed E-state index contributed by atoms with van der Waals surface area (Å²) in [7, 11) is -0.561. The smallest absolute Gasteiger partial charge is 0.230 e. The number of rotatable bonds is 0. The van der Waals surface area contributed by atoms with Crippen LogP contribution in [0.4, 0.5) is 0 Å². The fourth-order valence-electron chi connectivity index (χ4n) is 0.556. The highest BCUT2D eigenvalue weighted by atomic mass is 28.2. The molecular weight excluding hydrogens is 140 g/mol. The van der Waals surface area contributed by atoms with Crippen molar-refractivity contribution in [3.63, 3.8) is 0 Å². The molecule has 2 unspecified atom stereocenters. The van der Waals surface area contributed by atoms with Gasteiger partial charge in [-0.2, -0.15) is 0 Å². The Kier molecular flexibility index (Phi) is 1.48. The van der Waals surface area contributed by atoms with E-state index in [4.69, 9.17) is 10.2 Å². The lowest BCUT2D eigenvalue weighted by molar-refractivity contribution is -0.129. The van der Waals surface area contributed by atoms with E-state index in [1.54, 1.807) is 0 Å². The number of hydrogen-bond acceptors (Lipinski definition) is 4. The number of aliphatic hydroxyl groups excluding tert-OH is 2. The van der Waals surface area contributed by atoms with Gasteiger partial charge in [-0.25, -0.2) is 0 Å². The van der Waals surface area contributed by atoms with Crippen LogP contribution in [0.2, 0.25) is 0 Å². The maximum atomic E-state index is 10.4. The number of carbonyl (C=O) groups excluding carboxylic acids is 2. The summed E-state index contributed by atoms with van der Waals surface area (Å²) in [6, 6.07) is 0. The monoisotopic (exact) mass is 144 g/mol. The maximum absolute atomic E-state index is 10.4. The summed E-state index contributed by atoms with van der Waals surface area (Å²) in [5, 5.41) is 16.1. The lowest BCUT2D eigenvalue weighted by Gasteiger charge is -2.01. The molecule has 4 nitrogen and oxygen atoms in total. The molecule has 9 heavy (non-hydrogen) atoms. The fraction of sp³-hybridized carbons (Fsp3) is 0.500. The third kappa shape index (κ3) is 0.936. The van der Waals surface area contributed by atoms with Crippen LogP contribution in [0.3, 0.4) is 0 Å². The third-order valence-corrected chi connectivity index (χ3v) is 2.17. The molecule has 2 radical (unpaired) electrons. The molecule has 0 aliphatic carbocycles. The topological polar surface area (TPSA) is 74.6 Å². The van der Waals surface area contributed by atoms with Gasteiger partial charge in [0, 0.05) is 0 Å². The molecular formula is C4H4O4Si. The average molecular weight is 144 g/mol. The zero-order valence-corrected chi connectivity index (χ0v) is 5.37. The summed E-state index contributed by atoms with van der Waals surface area (Å²) in [6.07, 6.45) is -2.92. The average Bonchev–Trinajstić information content (AvgIpc) is 1.98. The van der Waals surface area contributed by atoms with Gasteiger partial charge in [0.15, 0.2) is 0 Å². The van der Waals surface area contributed by atoms with Gasteiger partial charge in [-0.05, 0) is 0 Å². The standard InChI is InChI=1S/C4H4O4Si/c5-1-2(6)4(8)9-3(1)7/h1-2,5-6H. The number of carbonyl (C=O) groups is 2. The molecule has 0 spiro atoms. The second-order valence-corrected chi connectivity index (χ2v) is 2.98. The van der Waals surface area contributed by atoms with Crippen LogP contribution in [0.25, 0.3) is 0 Å². The first-order chi connectivity index (χ1) is 4.13. The summed E-state index contributed by atoms with van der Waals surface area (Å²) in [6.45, 7) is 0. The molecule has 1 rings (SSSR count). The molecule has 1 fully saturated rings. The van der Waals surface area contributed by atoms with E-state index in [2.05, 4.69) is 0 Å². The van der Waals surface area contributed by atoms with E-state index in [0.717, 1.165) is 0 Å². The van der Waals surface area contributed by atoms with Gasteiger partial charge in [-0.1, -0.05) is 0 Å². The minimum absolute atomic E-state index is 0.561. The number of aliphatic hydroxyl groups is 2. The molecule has 0 aromatic heterocycles. The van der Waals surface area contributed by atoms with E-state index in [1.807, 2.05) is 0 Å². The summed E-state index contributed by atoms with van der Waals surface area (Å²) >= 11 is 0. The fourth-order valence-corrected chi connectivity index (χ4v) is 1.41. The molecule has 48 valence electrons. The van der Waals surface area contributed by atoms with Crippen LogP contribution in [-0.4, -0.2) is 42.8 Å². The Balaban J connectivity index is 2.77. The first-order valence-electron chi connectivity index (χ1n) is 2.34. The zero-order chi connectivity index (χ0) is 7.02. The van der Waals surface area contributed by atoms with Crippen molar-refractivity contribution < 1.29 is 19.8 Å². The summed E-state index contributed by atoms with van der Waals surface area (Å²) in [5.41, 5.74) is 0. The minimum Gasteiger partial charge on any atom is -0.383 e. The van der Waals surface area contributed by atoms with Crippen LogP contribution < -0.4 is 0 Å². The van der Waals surface area contributed by atoms with Crippen molar-refractivity contribution in [2.75, 3.05) is 0 Å². The Labute approximate surface area is 53.3 Å². The lowest BCUT2D eigenvalue weighted by atomic mass is 10.2. The highest BCUT2D eigenvalue weighted by molar-refractivity contribution is 7.00. The molecule has 1 aliphatic rings. The Morgan fingerprint density at radius 1 is 1.11 bits per heavy atom. The van der Waals surface area contributed by atoms with Crippen molar-refractivity contribution in [3.05, 3.63) is 0 Å². The summed E-state index contributed by atoms with van der Waals surface area (Å²) < 4.78 is 0. The molecule has 0 saturated carbocycles. The molecule has 1 heterocycles. The molecule has 5 heteroatoms. The van der Waals surface area contributed by atoms with E-state index in [9.17, 15) is 9.59 Å². The Hall–Kier alpha value is -0.523. The van der Waals surface area contributed by atoms with Crippen LogP contribution >= 0.6 is 0 Å². The van der Waals surface area contributed by atoms with Gasteiger partial charge in [0.05, 0.1) is 0 Å². The van der Waals surface area contributed by atoms with E-state index in [-0.39, 0.29) is 0 Å². The molecule has 0 bridgehead atoms. The van der Waals surface area contributed by atoms with Gasteiger partial charge in [0.25, 0.3) is 0 Å². The van der Waals surface area contributed by atoms with Crippen molar-refractivity contribution in [1.82, 2.24) is 0 Å². The van der Waals surface area contributed by atoms with E-state index >= 15 is 0 Å². The summed E-state index contributed by atoms with van der Waals surface area (Å²) in [5.74, 6) is 0. The van der Waals surface area contributed by atoms with Crippen LogP contribution in [0.5, 0.6) is 0 Å². The van der Waals surface area contributed by atoms with Gasteiger partial charge >= 0.3 is 0 Å². The highest BCUT2D eigenvalue weighted by Crippen LogP contribution is 2.03. The minimum atomic E-state index is -1.46. The zero-order valence-electron chi connectivity index (χ0n) is 4.37. The molecule has 1 saturated heterocycles. The molecule has 0 aromatic rings. The first-order valence-corrected chi connectivity index (χ1v) is 3.34. The van der Waals surface area contributed by atoms with Crippen molar-refractivity contribution >= 4 is 20.3 Å². The SMILES string of the molecule is O=C1[Si]C(=O)C(O)C1O. The Morgan fingerprint density at radius 3 is 1.56 bits per heavy atom. The second kappa shape index (κ2) is 2.01. The van der Waals surface area contributed by atoms with E-state index in [1.165, 1.54) is 0 Å². The molecule has 2 N–H and O–H groups in total. The largest absolute Gasteiger partial charge is 0.383 e. The predicted octanol–water partition coefficient (Wildman–Crippen LogP) is -2.52. The first kappa shape index (κ1) is 6.59. The quantitative estimate of drug-likeness (QED) is 0.368. The number of hydrogen-bond donors (Lipinski definition) is 2. The second-order valence-electron chi connectivity index (χ2n) is 1.74. The van der Waals surface area contributed by atoms with Gasteiger partial charge in [0.1, 0.15) is 23.0 Å². The van der Waals surface area contributed by atoms with Crippen molar-refractivity contribution in [1.29, 1.82) is 0 Å². The predicted molar refractivity (Wildman–Crippen MR) is 27.8 cm³/mol. The maximum Gasteiger partial charge on any atom is 0.230 e. The van der Waals surface area contributed by atoms with E-state index in [0.29, 0.717) is 0 Å². The van der Waals surface area contributed by atoms with Crippen LogP contribution in [-0.2, 0) is 9.59 Å². The molecule has 0 amide bonds. The third-order valence-electron chi connectivity index (χ3n) is 1.08. The van der Waals surface area contributed by atoms with Gasteiger partial charge in [-0.3, -0.25) is 0 Å². The molecule has 2 atom stereocenters. The van der Waals surface area contributed by atoms with Crippen molar-refractivity contribution in [3.8, 4) is 0 Å².